The number of hydrogen-bond donors (Lipinski definition) is 0. The van der Waals surface area contributed by atoms with Crippen LogP contribution in [0.2, 0.25) is 0 Å². The van der Waals surface area contributed by atoms with E-state index in [1.165, 1.54) is 37.7 Å². The van der Waals surface area contributed by atoms with E-state index in [4.69, 9.17) is 9.47 Å². The van der Waals surface area contributed by atoms with Crippen molar-refractivity contribution in [1.82, 2.24) is 9.55 Å². The summed E-state index contributed by atoms with van der Waals surface area (Å²) in [6.07, 6.45) is 10.6. The minimum Gasteiger partial charge on any atom is -0.490 e. The third kappa shape index (κ3) is 3.43. The Bertz CT molecular complexity index is 897. The molecule has 148 valence electrons. The molecule has 0 radical (unpaired) electrons. The molecule has 5 rings (SSSR count). The van der Waals surface area contributed by atoms with E-state index in [2.05, 4.69) is 33.8 Å². The topological polar surface area (TPSA) is 53.4 Å². The van der Waals surface area contributed by atoms with Crippen molar-refractivity contribution in [2.24, 2.45) is 0 Å². The molecule has 0 unspecified atom stereocenters. The molecule has 0 N–H and O–H groups in total. The summed E-state index contributed by atoms with van der Waals surface area (Å²) in [4.78, 5) is 16.4. The number of fused-ring (bicyclic) bond motifs is 3. The fourth-order valence-electron chi connectivity index (χ4n) is 4.96. The molecule has 5 nitrogen and oxygen atoms in total. The predicted molar refractivity (Wildman–Crippen MR) is 107 cm³/mol. The summed E-state index contributed by atoms with van der Waals surface area (Å²) in [5, 5.41) is 0. The number of rotatable bonds is 4. The van der Waals surface area contributed by atoms with Crippen LogP contribution < -0.4 is 15.0 Å². The van der Waals surface area contributed by atoms with E-state index in [0.717, 1.165) is 42.7 Å². The lowest BCUT2D eigenvalue weighted by molar-refractivity contribution is 0.143. The Morgan fingerprint density at radius 1 is 1.04 bits per heavy atom. The van der Waals surface area contributed by atoms with E-state index < -0.39 is 0 Å². The molecule has 1 fully saturated rings. The summed E-state index contributed by atoms with van der Waals surface area (Å²) in [7, 11) is 0. The Balaban J connectivity index is 1.22. The summed E-state index contributed by atoms with van der Waals surface area (Å²) in [5.41, 5.74) is 3.34. The number of nitrogens with zero attached hydrogens (tertiary/aromatic N) is 2. The van der Waals surface area contributed by atoms with E-state index in [0.29, 0.717) is 25.1 Å². The van der Waals surface area contributed by atoms with Crippen LogP contribution in [0, 0.1) is 0 Å². The average molecular weight is 380 g/mol. The second-order valence-electron chi connectivity index (χ2n) is 8.40. The molecule has 28 heavy (non-hydrogen) atoms. The molecule has 3 aliphatic rings. The molecular formula is C23H28N2O3. The zero-order chi connectivity index (χ0) is 18.9. The van der Waals surface area contributed by atoms with Crippen molar-refractivity contribution in [3.8, 4) is 11.8 Å². The summed E-state index contributed by atoms with van der Waals surface area (Å²) in [6.45, 7) is 1.18. The number of aromatic nitrogens is 2. The van der Waals surface area contributed by atoms with Crippen LogP contribution in [0.3, 0.4) is 0 Å². The first kappa shape index (κ1) is 17.8. The van der Waals surface area contributed by atoms with Crippen LogP contribution in [0.25, 0.3) is 0 Å². The summed E-state index contributed by atoms with van der Waals surface area (Å²) in [5.74, 6) is 1.59. The Labute approximate surface area is 165 Å². The maximum absolute atomic E-state index is 12.2. The third-order valence-electron chi connectivity index (χ3n) is 6.50. The maximum Gasteiger partial charge on any atom is 0.300 e. The van der Waals surface area contributed by atoms with Gasteiger partial charge in [0.1, 0.15) is 12.4 Å². The second-order valence-corrected chi connectivity index (χ2v) is 8.40. The van der Waals surface area contributed by atoms with Crippen molar-refractivity contribution in [1.29, 1.82) is 0 Å². The highest BCUT2D eigenvalue weighted by Crippen LogP contribution is 2.33. The summed E-state index contributed by atoms with van der Waals surface area (Å²) in [6, 6.07) is 9.05. The molecule has 1 atom stereocenters. The Morgan fingerprint density at radius 3 is 2.64 bits per heavy atom. The quantitative estimate of drug-likeness (QED) is 0.804. The molecule has 1 aromatic carbocycles. The normalized spacial score (nSPS) is 21.6. The third-order valence-corrected chi connectivity index (χ3v) is 6.50. The molecule has 2 aromatic rings. The zero-order valence-corrected chi connectivity index (χ0v) is 16.4. The molecular weight excluding hydrogens is 352 g/mol. The molecule has 2 aliphatic carbocycles. The lowest BCUT2D eigenvalue weighted by Crippen LogP contribution is -2.25. The van der Waals surface area contributed by atoms with Gasteiger partial charge in [0.15, 0.2) is 6.10 Å². The van der Waals surface area contributed by atoms with Gasteiger partial charge in [-0.2, -0.15) is 4.98 Å². The molecule has 2 heterocycles. The van der Waals surface area contributed by atoms with Crippen molar-refractivity contribution < 1.29 is 9.47 Å². The highest BCUT2D eigenvalue weighted by atomic mass is 16.6. The van der Waals surface area contributed by atoms with Crippen molar-refractivity contribution in [3.05, 3.63) is 51.4 Å². The van der Waals surface area contributed by atoms with Crippen molar-refractivity contribution in [2.75, 3.05) is 6.61 Å². The van der Waals surface area contributed by atoms with Crippen LogP contribution in [-0.2, 0) is 19.4 Å². The predicted octanol–water partition coefficient (Wildman–Crippen LogP) is 4.01. The monoisotopic (exact) mass is 380 g/mol. The first-order chi connectivity index (χ1) is 13.8. The van der Waals surface area contributed by atoms with Gasteiger partial charge in [0.05, 0.1) is 6.54 Å². The molecule has 0 saturated heterocycles. The maximum atomic E-state index is 12.2. The second kappa shape index (κ2) is 7.61. The van der Waals surface area contributed by atoms with Gasteiger partial charge in [-0.25, -0.2) is 0 Å². The lowest BCUT2D eigenvalue weighted by Gasteiger charge is -2.22. The number of ether oxygens (including phenoxy) is 2. The molecule has 0 amide bonds. The van der Waals surface area contributed by atoms with Crippen LogP contribution in [0.15, 0.2) is 29.1 Å². The smallest absolute Gasteiger partial charge is 0.300 e. The van der Waals surface area contributed by atoms with Gasteiger partial charge in [0.25, 0.3) is 11.6 Å². The van der Waals surface area contributed by atoms with Gasteiger partial charge in [-0.05, 0) is 62.1 Å². The van der Waals surface area contributed by atoms with Crippen LogP contribution in [-0.4, -0.2) is 22.3 Å². The van der Waals surface area contributed by atoms with Gasteiger partial charge in [0.2, 0.25) is 0 Å². The lowest BCUT2D eigenvalue weighted by atomic mass is 9.84. The van der Waals surface area contributed by atoms with Gasteiger partial charge >= 0.3 is 0 Å². The fraction of sp³-hybridized carbons (Fsp3) is 0.565. The van der Waals surface area contributed by atoms with Gasteiger partial charge in [-0.3, -0.25) is 9.36 Å². The number of hydrogen-bond acceptors (Lipinski definition) is 4. The van der Waals surface area contributed by atoms with Gasteiger partial charge in [-0.1, -0.05) is 31.4 Å². The van der Waals surface area contributed by atoms with Crippen LogP contribution >= 0.6 is 0 Å². The number of benzene rings is 1. The van der Waals surface area contributed by atoms with Gasteiger partial charge in [-0.15, -0.1) is 0 Å². The molecule has 1 aliphatic heterocycles. The molecule has 0 spiro atoms. The molecule has 5 heteroatoms. The van der Waals surface area contributed by atoms with E-state index in [1.807, 2.05) is 0 Å². The largest absolute Gasteiger partial charge is 0.490 e. The summed E-state index contributed by atoms with van der Waals surface area (Å²) >= 11 is 0. The highest BCUT2D eigenvalue weighted by molar-refractivity contribution is 5.30. The minimum absolute atomic E-state index is 0.0988. The highest BCUT2D eigenvalue weighted by Gasteiger charge is 2.29. The fourth-order valence-corrected chi connectivity index (χ4v) is 4.96. The van der Waals surface area contributed by atoms with E-state index in [-0.39, 0.29) is 11.7 Å². The van der Waals surface area contributed by atoms with Crippen molar-refractivity contribution >= 4 is 0 Å². The minimum atomic E-state index is -0.110. The van der Waals surface area contributed by atoms with Crippen LogP contribution in [0.5, 0.6) is 11.8 Å². The molecule has 1 aromatic heterocycles. The van der Waals surface area contributed by atoms with E-state index >= 15 is 0 Å². The van der Waals surface area contributed by atoms with Crippen molar-refractivity contribution in [2.45, 2.75) is 76.4 Å². The molecule has 0 bridgehead atoms. The van der Waals surface area contributed by atoms with E-state index in [1.54, 1.807) is 0 Å². The van der Waals surface area contributed by atoms with E-state index in [9.17, 15) is 4.79 Å². The van der Waals surface area contributed by atoms with Crippen LogP contribution in [0.1, 0.15) is 67.7 Å². The molecule has 1 saturated carbocycles. The average Bonchev–Trinajstić information content (AvgIpc) is 3.16. The Hall–Kier alpha value is -2.30. The SMILES string of the molecule is O=c1nc2n(c3c1CCCC3)C[C@@H](COc1ccc(C3CCCCC3)cc1)O2. The van der Waals surface area contributed by atoms with Crippen molar-refractivity contribution in [3.63, 3.8) is 0 Å². The van der Waals surface area contributed by atoms with Gasteiger partial charge in [0, 0.05) is 11.3 Å². The first-order valence-corrected chi connectivity index (χ1v) is 10.8. The summed E-state index contributed by atoms with van der Waals surface area (Å²) < 4.78 is 14.0. The first-order valence-electron chi connectivity index (χ1n) is 10.8. The van der Waals surface area contributed by atoms with Crippen LogP contribution in [0.4, 0.5) is 0 Å². The standard InChI is InChI=1S/C23H28N2O3/c26-22-20-8-4-5-9-21(20)25-14-19(28-23(25)24-22)15-27-18-12-10-17(11-13-18)16-6-2-1-3-7-16/h10-13,16,19H,1-9,14-15H2/t19-/m0/s1. The Morgan fingerprint density at radius 2 is 1.82 bits per heavy atom. The Kier molecular flexibility index (Phi) is 4.83. The zero-order valence-electron chi connectivity index (χ0n) is 16.4. The van der Waals surface area contributed by atoms with Gasteiger partial charge < -0.3 is 9.47 Å².